The fourth-order valence-corrected chi connectivity index (χ4v) is 2.29. The van der Waals surface area contributed by atoms with Crippen molar-refractivity contribution in [3.05, 3.63) is 47.5 Å². The van der Waals surface area contributed by atoms with Gasteiger partial charge in [0.1, 0.15) is 23.0 Å². The summed E-state index contributed by atoms with van der Waals surface area (Å²) in [5, 5.41) is 20.1. The zero-order valence-electron chi connectivity index (χ0n) is 15.8. The molecule has 0 heterocycles. The van der Waals surface area contributed by atoms with Crippen molar-refractivity contribution in [2.75, 3.05) is 14.2 Å². The summed E-state index contributed by atoms with van der Waals surface area (Å²) in [5.41, 5.74) is 2.71. The molecule has 0 fully saturated rings. The van der Waals surface area contributed by atoms with E-state index in [9.17, 15) is 29.4 Å². The molecule has 0 saturated heterocycles. The van der Waals surface area contributed by atoms with Gasteiger partial charge in [-0.2, -0.15) is 5.01 Å². The average molecular weight is 418 g/mol. The van der Waals surface area contributed by atoms with Crippen molar-refractivity contribution in [3.8, 4) is 23.0 Å². The van der Waals surface area contributed by atoms with E-state index >= 15 is 0 Å². The van der Waals surface area contributed by atoms with Crippen molar-refractivity contribution in [1.82, 2.24) is 15.9 Å². The molecule has 2 rings (SSSR count). The van der Waals surface area contributed by atoms with E-state index in [1.165, 1.54) is 32.4 Å². The number of phenolic OH excluding ortho intramolecular Hbond substituents is 2. The highest BCUT2D eigenvalue weighted by Crippen LogP contribution is 2.25. The highest BCUT2D eigenvalue weighted by molar-refractivity contribution is 6.38. The number of imide groups is 1. The molecule has 2 aromatic carbocycles. The van der Waals surface area contributed by atoms with Crippen molar-refractivity contribution in [2.24, 2.45) is 5.84 Å². The molecular weight excluding hydrogens is 400 g/mol. The van der Waals surface area contributed by atoms with E-state index in [4.69, 9.17) is 15.3 Å². The second-order valence-electron chi connectivity index (χ2n) is 5.63. The molecule has 0 aliphatic rings. The summed E-state index contributed by atoms with van der Waals surface area (Å²) in [6.07, 6.45) is 0. The van der Waals surface area contributed by atoms with Crippen LogP contribution in [0.1, 0.15) is 20.7 Å². The number of hydrogen-bond donors (Lipinski definition) is 5. The van der Waals surface area contributed by atoms with Crippen molar-refractivity contribution in [2.45, 2.75) is 0 Å². The molecule has 158 valence electrons. The lowest BCUT2D eigenvalue weighted by Crippen LogP contribution is -2.55. The van der Waals surface area contributed by atoms with E-state index in [1.807, 2.05) is 5.43 Å². The van der Waals surface area contributed by atoms with Gasteiger partial charge in [0, 0.05) is 12.1 Å². The Morgan fingerprint density at radius 2 is 1.40 bits per heavy atom. The number of phenols is 2. The van der Waals surface area contributed by atoms with Crippen LogP contribution in [-0.2, 0) is 9.59 Å². The Morgan fingerprint density at radius 3 is 1.83 bits per heavy atom. The number of benzene rings is 2. The van der Waals surface area contributed by atoms with E-state index in [2.05, 4.69) is 0 Å². The fraction of sp³-hybridized carbons (Fsp3) is 0.111. The van der Waals surface area contributed by atoms with Gasteiger partial charge in [-0.1, -0.05) is 0 Å². The Kier molecular flexibility index (Phi) is 6.78. The van der Waals surface area contributed by atoms with Crippen LogP contribution < -0.4 is 26.2 Å². The van der Waals surface area contributed by atoms with Gasteiger partial charge >= 0.3 is 11.8 Å². The van der Waals surface area contributed by atoms with Gasteiger partial charge in [-0.3, -0.25) is 30.0 Å². The fourth-order valence-electron chi connectivity index (χ4n) is 2.29. The summed E-state index contributed by atoms with van der Waals surface area (Å²) in [5.74, 6) is -1.01. The monoisotopic (exact) mass is 418 g/mol. The number of hydrazine groups is 2. The van der Waals surface area contributed by atoms with Gasteiger partial charge in [-0.25, -0.2) is 5.84 Å². The second kappa shape index (κ2) is 9.25. The van der Waals surface area contributed by atoms with E-state index in [1.54, 1.807) is 5.43 Å². The van der Waals surface area contributed by atoms with Gasteiger partial charge in [-0.05, 0) is 24.3 Å². The summed E-state index contributed by atoms with van der Waals surface area (Å²) in [4.78, 5) is 49.2. The molecule has 30 heavy (non-hydrogen) atoms. The number of rotatable bonds is 4. The molecule has 12 nitrogen and oxygen atoms in total. The number of methoxy groups -OCH3 is 2. The van der Waals surface area contributed by atoms with Crippen LogP contribution in [-0.4, -0.2) is 53.1 Å². The highest BCUT2D eigenvalue weighted by atomic mass is 16.5. The highest BCUT2D eigenvalue weighted by Gasteiger charge is 2.32. The molecule has 0 radical (unpaired) electrons. The Bertz CT molecular complexity index is 1010. The molecule has 0 aliphatic heterocycles. The van der Waals surface area contributed by atoms with Crippen LogP contribution in [0.3, 0.4) is 0 Å². The van der Waals surface area contributed by atoms with Crippen molar-refractivity contribution in [3.63, 3.8) is 0 Å². The van der Waals surface area contributed by atoms with Crippen molar-refractivity contribution < 1.29 is 38.9 Å². The summed E-state index contributed by atoms with van der Waals surface area (Å²) in [7, 11) is 2.68. The van der Waals surface area contributed by atoms with Crippen molar-refractivity contribution >= 4 is 23.6 Å². The molecule has 0 atom stereocenters. The normalized spacial score (nSPS) is 9.97. The van der Waals surface area contributed by atoms with E-state index in [-0.39, 0.29) is 22.1 Å². The third-order valence-corrected chi connectivity index (χ3v) is 3.83. The largest absolute Gasteiger partial charge is 0.507 e. The lowest BCUT2D eigenvalue weighted by atomic mass is 10.1. The molecule has 0 saturated carbocycles. The standard InChI is InChI=1S/C18H18N4O8/c1-29-9-3-5-11(13(23)7-9)15(25)21-22(18(28)16(26)20-19)17(27)12-6-4-10(30-2)8-14(12)24/h3-8,23-24H,19H2,1-2H3,(H,20,26)(H,21,25). The second-order valence-corrected chi connectivity index (χ2v) is 5.63. The minimum atomic E-state index is -1.54. The van der Waals surface area contributed by atoms with Gasteiger partial charge in [0.25, 0.3) is 11.8 Å². The zero-order valence-corrected chi connectivity index (χ0v) is 15.8. The Hall–Kier alpha value is -4.32. The molecule has 0 aromatic heterocycles. The predicted octanol–water partition coefficient (Wildman–Crippen LogP) is -0.581. The number of hydrogen-bond acceptors (Lipinski definition) is 9. The van der Waals surface area contributed by atoms with E-state index in [0.717, 1.165) is 18.2 Å². The molecule has 12 heteroatoms. The van der Waals surface area contributed by atoms with Gasteiger partial charge in [0.2, 0.25) is 0 Å². The summed E-state index contributed by atoms with van der Waals surface area (Å²) < 4.78 is 9.82. The van der Waals surface area contributed by atoms with Gasteiger partial charge in [-0.15, -0.1) is 0 Å². The number of nitrogens with two attached hydrogens (primary N) is 1. The predicted molar refractivity (Wildman–Crippen MR) is 100 cm³/mol. The first-order valence-corrected chi connectivity index (χ1v) is 8.17. The first kappa shape index (κ1) is 22.0. The van der Waals surface area contributed by atoms with Crippen LogP contribution in [0.2, 0.25) is 0 Å². The van der Waals surface area contributed by atoms with Crippen LogP contribution in [0.4, 0.5) is 0 Å². The van der Waals surface area contributed by atoms with Gasteiger partial charge in [0.05, 0.1) is 25.3 Å². The maximum Gasteiger partial charge on any atom is 0.339 e. The molecule has 2 aromatic rings. The quantitative estimate of drug-likeness (QED) is 0.188. The molecule has 0 aliphatic carbocycles. The minimum absolute atomic E-state index is 0.0513. The van der Waals surface area contributed by atoms with Crippen LogP contribution >= 0.6 is 0 Å². The van der Waals surface area contributed by atoms with Gasteiger partial charge < -0.3 is 19.7 Å². The Labute approximate surface area is 169 Å². The number of aromatic hydroxyl groups is 2. The van der Waals surface area contributed by atoms with Crippen molar-refractivity contribution in [1.29, 1.82) is 0 Å². The number of carbonyl (C=O) groups is 4. The average Bonchev–Trinajstić information content (AvgIpc) is 2.75. The first-order chi connectivity index (χ1) is 14.2. The number of carbonyl (C=O) groups excluding carboxylic acids is 4. The van der Waals surface area contributed by atoms with Gasteiger partial charge in [0.15, 0.2) is 0 Å². The molecule has 6 N–H and O–H groups in total. The number of nitrogens with one attached hydrogen (secondary N) is 2. The van der Waals surface area contributed by atoms with Crippen LogP contribution in [0.5, 0.6) is 23.0 Å². The topological polar surface area (TPSA) is 181 Å². The van der Waals surface area contributed by atoms with E-state index < -0.39 is 40.7 Å². The van der Waals surface area contributed by atoms with E-state index in [0.29, 0.717) is 0 Å². The lowest BCUT2D eigenvalue weighted by Gasteiger charge is -2.21. The molecule has 0 bridgehead atoms. The molecule has 4 amide bonds. The summed E-state index contributed by atoms with van der Waals surface area (Å²) in [6, 6.07) is 7.18. The maximum absolute atomic E-state index is 12.8. The summed E-state index contributed by atoms with van der Waals surface area (Å²) >= 11 is 0. The Balaban J connectivity index is 2.41. The molecular formula is C18H18N4O8. The molecule has 0 unspecified atom stereocenters. The first-order valence-electron chi connectivity index (χ1n) is 8.17. The number of nitrogens with zero attached hydrogens (tertiary/aromatic N) is 1. The minimum Gasteiger partial charge on any atom is -0.507 e. The lowest BCUT2D eigenvalue weighted by molar-refractivity contribution is -0.145. The summed E-state index contributed by atoms with van der Waals surface area (Å²) in [6.45, 7) is 0. The van der Waals surface area contributed by atoms with Crippen LogP contribution in [0.15, 0.2) is 36.4 Å². The number of ether oxygens (including phenoxy) is 2. The number of amides is 4. The maximum atomic E-state index is 12.8. The third kappa shape index (κ3) is 4.56. The third-order valence-electron chi connectivity index (χ3n) is 3.83. The van der Waals surface area contributed by atoms with Crippen LogP contribution in [0, 0.1) is 0 Å². The Morgan fingerprint density at radius 1 is 0.900 bits per heavy atom. The zero-order chi connectivity index (χ0) is 22.4. The smallest absolute Gasteiger partial charge is 0.339 e. The SMILES string of the molecule is COc1ccc(C(=O)NN(C(=O)C(=O)NN)C(=O)c2ccc(OC)cc2O)c(O)c1. The molecule has 0 spiro atoms. The van der Waals surface area contributed by atoms with Crippen LogP contribution in [0.25, 0.3) is 0 Å².